The molecular formula is C32H32N2O2S. The summed E-state index contributed by atoms with van der Waals surface area (Å²) >= 11 is 1.53. The van der Waals surface area contributed by atoms with Gasteiger partial charge in [-0.15, -0.1) is 0 Å². The van der Waals surface area contributed by atoms with Crippen LogP contribution in [-0.2, 0) is 17.8 Å². The average molecular weight is 509 g/mol. The maximum Gasteiger partial charge on any atom is 0.260 e. The van der Waals surface area contributed by atoms with Gasteiger partial charge in [0, 0.05) is 11.6 Å². The van der Waals surface area contributed by atoms with Crippen LogP contribution in [0.15, 0.2) is 113 Å². The number of anilines is 1. The Bertz CT molecular complexity index is 1360. The van der Waals surface area contributed by atoms with Crippen LogP contribution in [0.3, 0.4) is 0 Å². The molecular weight excluding hydrogens is 476 g/mol. The fraction of sp³-hybridized carbons (Fsp3) is 0.219. The molecule has 1 heterocycles. The van der Waals surface area contributed by atoms with Gasteiger partial charge >= 0.3 is 0 Å². The van der Waals surface area contributed by atoms with Crippen molar-refractivity contribution in [3.05, 3.63) is 129 Å². The maximum absolute atomic E-state index is 12.7. The number of carbonyl (C=O) groups excluding carboxylic acids is 1. The second-order valence-electron chi connectivity index (χ2n) is 9.48. The number of amides is 1. The average Bonchev–Trinajstić information content (AvgIpc) is 3.41. The molecule has 0 aromatic heterocycles. The van der Waals surface area contributed by atoms with Gasteiger partial charge in [0.05, 0.1) is 4.91 Å². The highest BCUT2D eigenvalue weighted by Crippen LogP contribution is 2.41. The number of aryl methyl sites for hydroxylation is 1. The normalized spacial score (nSPS) is 20.2. The van der Waals surface area contributed by atoms with Crippen LogP contribution in [0.4, 0.5) is 5.69 Å². The van der Waals surface area contributed by atoms with Crippen molar-refractivity contribution in [1.82, 2.24) is 5.32 Å². The third kappa shape index (κ3) is 5.83. The number of thioether (sulfide) groups is 1. The standard InChI is InChI=1S/C32H32N2O2S/c1-4-23-10-14-27(15-11-23)33-32-34-31(35)29(37-32)19-26-18-21(2)30(22(26)3)25-12-16-28(17-13-25)36-20-24-8-6-5-7-9-24/h5-19,30,32-33H,4,20H2,1-3H3,(H,34,35)/b29-19-/t30-,32+/m1/s1. The Hall–Kier alpha value is -3.70. The van der Waals surface area contributed by atoms with Crippen LogP contribution < -0.4 is 15.4 Å². The second-order valence-corrected chi connectivity index (χ2v) is 10.6. The molecule has 2 aliphatic rings. The molecule has 5 rings (SSSR count). The lowest BCUT2D eigenvalue weighted by atomic mass is 9.89. The molecule has 188 valence electrons. The molecule has 1 saturated heterocycles. The van der Waals surface area contributed by atoms with E-state index in [2.05, 4.69) is 86.0 Å². The number of carbonyl (C=O) groups is 1. The van der Waals surface area contributed by atoms with Crippen molar-refractivity contribution in [2.75, 3.05) is 5.32 Å². The van der Waals surface area contributed by atoms with Crippen LogP contribution in [0, 0.1) is 0 Å². The molecule has 0 spiro atoms. The first-order chi connectivity index (χ1) is 18.0. The van der Waals surface area contributed by atoms with E-state index >= 15 is 0 Å². The molecule has 0 radical (unpaired) electrons. The van der Waals surface area contributed by atoms with Crippen molar-refractivity contribution in [2.45, 2.75) is 45.2 Å². The predicted octanol–water partition coefficient (Wildman–Crippen LogP) is 7.33. The highest BCUT2D eigenvalue weighted by atomic mass is 32.2. The highest BCUT2D eigenvalue weighted by molar-refractivity contribution is 8.05. The topological polar surface area (TPSA) is 50.4 Å². The molecule has 0 unspecified atom stereocenters. The third-order valence-electron chi connectivity index (χ3n) is 6.87. The van der Waals surface area contributed by atoms with Gasteiger partial charge in [-0.2, -0.15) is 0 Å². The summed E-state index contributed by atoms with van der Waals surface area (Å²) in [5.74, 6) is 1.02. The van der Waals surface area contributed by atoms with Gasteiger partial charge in [0.2, 0.25) is 0 Å². The van der Waals surface area contributed by atoms with Gasteiger partial charge in [-0.05, 0) is 72.9 Å². The fourth-order valence-corrected chi connectivity index (χ4v) is 5.79. The van der Waals surface area contributed by atoms with Gasteiger partial charge in [-0.1, -0.05) is 90.5 Å². The number of hydrogen-bond acceptors (Lipinski definition) is 4. The Balaban J connectivity index is 1.25. The molecule has 0 saturated carbocycles. The summed E-state index contributed by atoms with van der Waals surface area (Å²) in [6.45, 7) is 7.01. The highest BCUT2D eigenvalue weighted by Gasteiger charge is 2.29. The minimum atomic E-state index is -0.183. The van der Waals surface area contributed by atoms with Crippen LogP contribution in [0.1, 0.15) is 43.4 Å². The van der Waals surface area contributed by atoms with E-state index in [1.165, 1.54) is 34.0 Å². The van der Waals surface area contributed by atoms with Gasteiger partial charge in [0.1, 0.15) is 12.4 Å². The lowest BCUT2D eigenvalue weighted by Gasteiger charge is -2.16. The zero-order chi connectivity index (χ0) is 25.8. The Morgan fingerprint density at radius 2 is 1.68 bits per heavy atom. The van der Waals surface area contributed by atoms with Crippen LogP contribution in [-0.4, -0.2) is 11.4 Å². The Labute approximate surface area is 223 Å². The summed E-state index contributed by atoms with van der Waals surface area (Å²) in [6.07, 6.45) is 5.24. The number of nitrogens with one attached hydrogen (secondary N) is 2. The molecule has 4 nitrogen and oxygen atoms in total. The van der Waals surface area contributed by atoms with Crippen molar-refractivity contribution < 1.29 is 9.53 Å². The predicted molar refractivity (Wildman–Crippen MR) is 153 cm³/mol. The van der Waals surface area contributed by atoms with Gasteiger partial charge in [-0.3, -0.25) is 4.79 Å². The van der Waals surface area contributed by atoms with E-state index in [0.717, 1.165) is 33.9 Å². The molecule has 5 heteroatoms. The van der Waals surface area contributed by atoms with Crippen LogP contribution >= 0.6 is 11.8 Å². The molecule has 3 aromatic rings. The third-order valence-corrected chi connectivity index (χ3v) is 7.89. The van der Waals surface area contributed by atoms with Crippen molar-refractivity contribution in [3.63, 3.8) is 0 Å². The minimum Gasteiger partial charge on any atom is -0.489 e. The Morgan fingerprint density at radius 3 is 2.38 bits per heavy atom. The van der Waals surface area contributed by atoms with E-state index in [1.54, 1.807) is 0 Å². The molecule has 3 aromatic carbocycles. The first-order valence-electron chi connectivity index (χ1n) is 12.7. The summed E-state index contributed by atoms with van der Waals surface area (Å²) in [4.78, 5) is 13.4. The summed E-state index contributed by atoms with van der Waals surface area (Å²) in [6, 6.07) is 26.9. The number of allylic oxidation sites excluding steroid dienone is 5. The molecule has 37 heavy (non-hydrogen) atoms. The smallest absolute Gasteiger partial charge is 0.260 e. The SMILES string of the molecule is CCc1ccc(N[C@H]2NC(=O)/C(=C/C3=C(C)[C@H](c4ccc(OCc5ccccc5)cc4)C(C)=C3)S2)cc1. The van der Waals surface area contributed by atoms with Crippen molar-refractivity contribution >= 4 is 23.4 Å². The van der Waals surface area contributed by atoms with Crippen LogP contribution in [0.5, 0.6) is 5.75 Å². The molecule has 1 fully saturated rings. The van der Waals surface area contributed by atoms with Crippen molar-refractivity contribution in [2.24, 2.45) is 0 Å². The first-order valence-corrected chi connectivity index (χ1v) is 13.6. The number of hydrogen-bond donors (Lipinski definition) is 2. The first kappa shape index (κ1) is 25.0. The largest absolute Gasteiger partial charge is 0.489 e. The number of benzene rings is 3. The lowest BCUT2D eigenvalue weighted by Crippen LogP contribution is -2.30. The van der Waals surface area contributed by atoms with E-state index in [9.17, 15) is 4.79 Å². The second kappa shape index (κ2) is 11.1. The lowest BCUT2D eigenvalue weighted by molar-refractivity contribution is -0.116. The van der Waals surface area contributed by atoms with E-state index in [-0.39, 0.29) is 17.3 Å². The molecule has 0 bridgehead atoms. The minimum absolute atomic E-state index is 0.0394. The quantitative estimate of drug-likeness (QED) is 0.313. The van der Waals surface area contributed by atoms with E-state index in [4.69, 9.17) is 4.74 Å². The number of rotatable bonds is 8. The van der Waals surface area contributed by atoms with Crippen LogP contribution in [0.2, 0.25) is 0 Å². The number of ether oxygens (including phenoxy) is 1. The Morgan fingerprint density at radius 1 is 0.946 bits per heavy atom. The summed E-state index contributed by atoms with van der Waals surface area (Å²) in [7, 11) is 0. The summed E-state index contributed by atoms with van der Waals surface area (Å²) in [5, 5.41) is 6.45. The zero-order valence-electron chi connectivity index (χ0n) is 21.5. The Kier molecular flexibility index (Phi) is 7.52. The zero-order valence-corrected chi connectivity index (χ0v) is 22.3. The van der Waals surface area contributed by atoms with Gasteiger partial charge in [0.25, 0.3) is 5.91 Å². The van der Waals surface area contributed by atoms with Gasteiger partial charge in [-0.25, -0.2) is 0 Å². The van der Waals surface area contributed by atoms with Crippen LogP contribution in [0.25, 0.3) is 0 Å². The molecule has 1 aliphatic heterocycles. The van der Waals surface area contributed by atoms with Crippen molar-refractivity contribution in [3.8, 4) is 5.75 Å². The molecule has 1 aliphatic carbocycles. The fourth-order valence-electron chi connectivity index (χ4n) is 4.81. The monoisotopic (exact) mass is 508 g/mol. The van der Waals surface area contributed by atoms with E-state index in [0.29, 0.717) is 6.61 Å². The van der Waals surface area contributed by atoms with E-state index in [1.807, 2.05) is 36.4 Å². The molecule has 2 N–H and O–H groups in total. The molecule has 1 amide bonds. The van der Waals surface area contributed by atoms with Crippen molar-refractivity contribution in [1.29, 1.82) is 0 Å². The molecule has 2 atom stereocenters. The summed E-state index contributed by atoms with van der Waals surface area (Å²) in [5.41, 5.74) is 8.13. The van der Waals surface area contributed by atoms with Gasteiger partial charge < -0.3 is 15.4 Å². The van der Waals surface area contributed by atoms with E-state index < -0.39 is 0 Å². The van der Waals surface area contributed by atoms with Gasteiger partial charge in [0.15, 0.2) is 5.50 Å². The maximum atomic E-state index is 12.7. The summed E-state index contributed by atoms with van der Waals surface area (Å²) < 4.78 is 5.96.